The lowest BCUT2D eigenvalue weighted by molar-refractivity contribution is -0.257. The van der Waals surface area contributed by atoms with Crippen LogP contribution in [-0.2, 0) is 19.5 Å². The van der Waals surface area contributed by atoms with Crippen LogP contribution in [0.2, 0.25) is 0 Å². The molecule has 0 bridgehead atoms. The number of nitrogens with zero attached hydrogens (tertiary/aromatic N) is 2. The Bertz CT molecular complexity index is 728. The molecule has 1 spiro atoms. The minimum atomic E-state index is -3.94. The second-order valence-electron chi connectivity index (χ2n) is 7.36. The van der Waals surface area contributed by atoms with Gasteiger partial charge >= 0.3 is 0 Å². The first-order valence-corrected chi connectivity index (χ1v) is 10.5. The van der Waals surface area contributed by atoms with Crippen LogP contribution < -0.4 is 0 Å². The molecule has 0 saturated carbocycles. The van der Waals surface area contributed by atoms with Crippen molar-refractivity contribution in [2.45, 2.75) is 31.0 Å². The van der Waals surface area contributed by atoms with Crippen LogP contribution in [0.3, 0.4) is 0 Å². The highest BCUT2D eigenvalue weighted by Crippen LogP contribution is 2.29. The van der Waals surface area contributed by atoms with Crippen molar-refractivity contribution >= 4 is 10.0 Å². The minimum Gasteiger partial charge on any atom is -0.347 e. The SMILES string of the molecule is CC(C)CN1CCCOC2(C1)CN(S(=O)(=O)c1ccccc1F)CCO2. The van der Waals surface area contributed by atoms with Crippen molar-refractivity contribution in [3.63, 3.8) is 0 Å². The van der Waals surface area contributed by atoms with Gasteiger partial charge in [-0.05, 0) is 24.5 Å². The average molecular weight is 386 g/mol. The van der Waals surface area contributed by atoms with Crippen molar-refractivity contribution in [1.29, 1.82) is 0 Å². The van der Waals surface area contributed by atoms with E-state index in [2.05, 4.69) is 18.7 Å². The second kappa shape index (κ2) is 7.90. The topological polar surface area (TPSA) is 59.1 Å². The van der Waals surface area contributed by atoms with Crippen molar-refractivity contribution in [2.24, 2.45) is 5.92 Å². The molecule has 2 aliphatic rings. The van der Waals surface area contributed by atoms with Crippen LogP contribution >= 0.6 is 0 Å². The van der Waals surface area contributed by atoms with Gasteiger partial charge in [-0.15, -0.1) is 0 Å². The summed E-state index contributed by atoms with van der Waals surface area (Å²) < 4.78 is 53.1. The molecular formula is C18H27FN2O4S. The predicted molar refractivity (Wildman–Crippen MR) is 95.7 cm³/mol. The summed E-state index contributed by atoms with van der Waals surface area (Å²) in [6.45, 7) is 7.59. The molecule has 2 fully saturated rings. The Kier molecular flexibility index (Phi) is 5.98. The Morgan fingerprint density at radius 3 is 2.62 bits per heavy atom. The number of morpholine rings is 1. The van der Waals surface area contributed by atoms with Crippen molar-refractivity contribution in [3.05, 3.63) is 30.1 Å². The van der Waals surface area contributed by atoms with E-state index in [9.17, 15) is 12.8 Å². The van der Waals surface area contributed by atoms with E-state index >= 15 is 0 Å². The smallest absolute Gasteiger partial charge is 0.246 e. The standard InChI is InChI=1S/C18H27FN2O4S/c1-15(2)12-20-8-5-10-24-18(13-20)14-21(9-11-25-18)26(22,23)17-7-4-3-6-16(17)19/h3-4,6-7,15H,5,8-14H2,1-2H3. The molecule has 2 aliphatic heterocycles. The van der Waals surface area contributed by atoms with Crippen molar-refractivity contribution in [3.8, 4) is 0 Å². The Balaban J connectivity index is 1.82. The van der Waals surface area contributed by atoms with Crippen LogP contribution in [0, 0.1) is 11.7 Å². The molecule has 1 unspecified atom stereocenters. The fourth-order valence-corrected chi connectivity index (χ4v) is 5.12. The van der Waals surface area contributed by atoms with Crippen molar-refractivity contribution in [2.75, 3.05) is 45.9 Å². The minimum absolute atomic E-state index is 0.0677. The van der Waals surface area contributed by atoms with Crippen LogP contribution in [0.15, 0.2) is 29.2 Å². The first-order chi connectivity index (χ1) is 12.3. The average Bonchev–Trinajstić information content (AvgIpc) is 2.76. The number of benzene rings is 1. The van der Waals surface area contributed by atoms with E-state index in [1.165, 1.54) is 22.5 Å². The summed E-state index contributed by atoms with van der Waals surface area (Å²) >= 11 is 0. The summed E-state index contributed by atoms with van der Waals surface area (Å²) in [7, 11) is -3.94. The van der Waals surface area contributed by atoms with E-state index in [0.717, 1.165) is 25.6 Å². The third-order valence-electron chi connectivity index (χ3n) is 4.65. The van der Waals surface area contributed by atoms with Gasteiger partial charge in [0, 0.05) is 19.6 Å². The highest BCUT2D eigenvalue weighted by atomic mass is 32.2. The van der Waals surface area contributed by atoms with Gasteiger partial charge in [0.2, 0.25) is 10.0 Å². The lowest BCUT2D eigenvalue weighted by atomic mass is 10.1. The maximum absolute atomic E-state index is 14.1. The molecular weight excluding hydrogens is 359 g/mol. The molecule has 1 atom stereocenters. The predicted octanol–water partition coefficient (Wildman–Crippen LogP) is 1.92. The molecule has 2 saturated heterocycles. The third-order valence-corrected chi connectivity index (χ3v) is 6.53. The number of ether oxygens (including phenoxy) is 2. The molecule has 0 aliphatic carbocycles. The first-order valence-electron chi connectivity index (χ1n) is 9.07. The summed E-state index contributed by atoms with van der Waals surface area (Å²) in [6, 6.07) is 5.47. The maximum Gasteiger partial charge on any atom is 0.246 e. The number of rotatable bonds is 4. The van der Waals surface area contributed by atoms with Gasteiger partial charge in [-0.2, -0.15) is 4.31 Å². The highest BCUT2D eigenvalue weighted by molar-refractivity contribution is 7.89. The van der Waals surface area contributed by atoms with Crippen molar-refractivity contribution in [1.82, 2.24) is 9.21 Å². The van der Waals surface area contributed by atoms with E-state index in [4.69, 9.17) is 9.47 Å². The number of hydrogen-bond acceptors (Lipinski definition) is 5. The van der Waals surface area contributed by atoms with Gasteiger partial charge in [0.1, 0.15) is 10.7 Å². The van der Waals surface area contributed by atoms with Crippen LogP contribution in [0.5, 0.6) is 0 Å². The number of hydrogen-bond donors (Lipinski definition) is 0. The molecule has 3 rings (SSSR count). The zero-order valence-corrected chi connectivity index (χ0v) is 16.2. The molecule has 0 amide bonds. The highest BCUT2D eigenvalue weighted by Gasteiger charge is 2.44. The van der Waals surface area contributed by atoms with E-state index in [1.807, 2.05) is 0 Å². The lowest BCUT2D eigenvalue weighted by Crippen LogP contribution is -2.59. The molecule has 0 radical (unpaired) electrons. The Hall–Kier alpha value is -1.06. The number of sulfonamides is 1. The Morgan fingerprint density at radius 1 is 1.15 bits per heavy atom. The number of halogens is 1. The van der Waals surface area contributed by atoms with E-state index in [1.54, 1.807) is 0 Å². The molecule has 0 aromatic heterocycles. The van der Waals surface area contributed by atoms with Gasteiger partial charge in [-0.25, -0.2) is 12.8 Å². The molecule has 6 nitrogen and oxygen atoms in total. The third kappa shape index (κ3) is 4.26. The second-order valence-corrected chi connectivity index (χ2v) is 9.27. The van der Waals surface area contributed by atoms with Gasteiger partial charge in [0.15, 0.2) is 5.79 Å². The van der Waals surface area contributed by atoms with Gasteiger partial charge in [-0.3, -0.25) is 4.90 Å². The summed E-state index contributed by atoms with van der Waals surface area (Å²) in [5, 5.41) is 0. The van der Waals surface area contributed by atoms with Crippen LogP contribution in [0.25, 0.3) is 0 Å². The monoisotopic (exact) mass is 386 g/mol. The van der Waals surface area contributed by atoms with Crippen LogP contribution in [0.4, 0.5) is 4.39 Å². The fourth-order valence-electron chi connectivity index (χ4n) is 3.59. The molecule has 146 valence electrons. The summed E-state index contributed by atoms with van der Waals surface area (Å²) in [5.41, 5.74) is 0. The molecule has 8 heteroatoms. The van der Waals surface area contributed by atoms with Gasteiger partial charge in [0.25, 0.3) is 0 Å². The summed E-state index contributed by atoms with van der Waals surface area (Å²) in [4.78, 5) is 1.96. The van der Waals surface area contributed by atoms with Gasteiger partial charge < -0.3 is 9.47 Å². The molecule has 2 heterocycles. The first kappa shape index (κ1) is 19.7. The lowest BCUT2D eigenvalue weighted by Gasteiger charge is -2.42. The Labute approximate surface area is 154 Å². The summed E-state index contributed by atoms with van der Waals surface area (Å²) in [5.74, 6) is -1.25. The van der Waals surface area contributed by atoms with E-state index < -0.39 is 21.6 Å². The molecule has 1 aromatic rings. The zero-order chi connectivity index (χ0) is 18.8. The van der Waals surface area contributed by atoms with Gasteiger partial charge in [-0.1, -0.05) is 26.0 Å². The fraction of sp³-hybridized carbons (Fsp3) is 0.667. The molecule has 26 heavy (non-hydrogen) atoms. The van der Waals surface area contributed by atoms with Gasteiger partial charge in [0.05, 0.1) is 26.3 Å². The quantitative estimate of drug-likeness (QED) is 0.791. The van der Waals surface area contributed by atoms with E-state index in [-0.39, 0.29) is 24.6 Å². The molecule has 1 aromatic carbocycles. The zero-order valence-electron chi connectivity index (χ0n) is 15.4. The molecule has 0 N–H and O–H groups in total. The maximum atomic E-state index is 14.1. The van der Waals surface area contributed by atoms with Crippen LogP contribution in [-0.4, -0.2) is 69.3 Å². The largest absolute Gasteiger partial charge is 0.347 e. The van der Waals surface area contributed by atoms with E-state index in [0.29, 0.717) is 19.1 Å². The normalized spacial score (nSPS) is 26.3. The summed E-state index contributed by atoms with van der Waals surface area (Å²) in [6.07, 6.45) is 0.873. The van der Waals surface area contributed by atoms with Crippen LogP contribution in [0.1, 0.15) is 20.3 Å². The van der Waals surface area contributed by atoms with Crippen molar-refractivity contribution < 1.29 is 22.3 Å². The Morgan fingerprint density at radius 2 is 1.88 bits per heavy atom.